The highest BCUT2D eigenvalue weighted by molar-refractivity contribution is 7.15. The minimum Gasteiger partial charge on any atom is -0.373 e. The second-order valence-corrected chi connectivity index (χ2v) is 8.62. The monoisotopic (exact) mass is 461 g/mol. The molecule has 0 bridgehead atoms. The predicted octanol–water partition coefficient (Wildman–Crippen LogP) is 3.58. The number of piperidine rings is 1. The fourth-order valence-electron chi connectivity index (χ4n) is 4.03. The maximum atomic E-state index is 14.2. The number of halogens is 3. The number of rotatable bonds is 3. The number of nitrogens with zero attached hydrogens (tertiary/aromatic N) is 1. The third kappa shape index (κ3) is 5.10. The van der Waals surface area contributed by atoms with Crippen LogP contribution in [0.5, 0.6) is 0 Å². The fourth-order valence-corrected chi connectivity index (χ4v) is 4.90. The van der Waals surface area contributed by atoms with Gasteiger partial charge >= 0.3 is 0 Å². The molecule has 0 radical (unpaired) electrons. The summed E-state index contributed by atoms with van der Waals surface area (Å²) in [6.45, 7) is 2.25. The van der Waals surface area contributed by atoms with E-state index in [1.54, 1.807) is 11.0 Å². The molecule has 4 N–H and O–H groups in total. The molecule has 4 rings (SSSR count). The summed E-state index contributed by atoms with van der Waals surface area (Å²) in [5, 5.41) is 0. The van der Waals surface area contributed by atoms with Gasteiger partial charge in [0.05, 0.1) is 12.2 Å². The van der Waals surface area contributed by atoms with Crippen LogP contribution in [0.2, 0.25) is 0 Å². The number of hydrogen-bond donors (Lipinski definition) is 2. The van der Waals surface area contributed by atoms with Gasteiger partial charge in [0, 0.05) is 41.0 Å². The second kappa shape index (κ2) is 9.73. The molecule has 5 nitrogen and oxygen atoms in total. The van der Waals surface area contributed by atoms with Crippen molar-refractivity contribution >= 4 is 42.1 Å². The Morgan fingerprint density at radius 3 is 2.55 bits per heavy atom. The zero-order chi connectivity index (χ0) is 19.0. The van der Waals surface area contributed by atoms with Gasteiger partial charge in [-0.1, -0.05) is 0 Å². The average molecular weight is 462 g/mol. The molecule has 1 unspecified atom stereocenters. The minimum absolute atomic E-state index is 0. The van der Waals surface area contributed by atoms with E-state index in [1.807, 2.05) is 12.1 Å². The van der Waals surface area contributed by atoms with E-state index in [0.717, 1.165) is 29.0 Å². The Bertz CT molecular complexity index is 856. The number of carbonyl (C=O) groups excluding carboxylic acids is 1. The topological polar surface area (TPSA) is 81.6 Å². The van der Waals surface area contributed by atoms with Crippen molar-refractivity contribution in [1.82, 2.24) is 4.90 Å². The Kier molecular flexibility index (Phi) is 8.07. The SMILES string of the molecule is Cl.Cl.NCc1ccc(-c2cc(F)cc(C(=O)N3CCC4(CC3)CC(N)CO4)c2)s1. The molecule has 1 atom stereocenters. The van der Waals surface area contributed by atoms with Crippen LogP contribution in [0, 0.1) is 5.82 Å². The van der Waals surface area contributed by atoms with E-state index >= 15 is 0 Å². The maximum Gasteiger partial charge on any atom is 0.253 e. The number of nitrogens with two attached hydrogens (primary N) is 2. The molecule has 29 heavy (non-hydrogen) atoms. The molecule has 1 spiro atoms. The summed E-state index contributed by atoms with van der Waals surface area (Å²) >= 11 is 1.52. The fraction of sp³-hybridized carbons (Fsp3) is 0.450. The molecule has 1 amide bonds. The second-order valence-electron chi connectivity index (χ2n) is 7.45. The van der Waals surface area contributed by atoms with Crippen LogP contribution >= 0.6 is 36.2 Å². The lowest BCUT2D eigenvalue weighted by atomic mass is 9.87. The molecule has 0 saturated carbocycles. The van der Waals surface area contributed by atoms with E-state index in [1.165, 1.54) is 23.5 Å². The van der Waals surface area contributed by atoms with Gasteiger partial charge in [-0.25, -0.2) is 4.39 Å². The third-order valence-electron chi connectivity index (χ3n) is 5.49. The van der Waals surface area contributed by atoms with Crippen molar-refractivity contribution in [3.05, 3.63) is 46.6 Å². The normalized spacial score (nSPS) is 20.2. The first kappa shape index (κ1) is 24.1. The molecule has 0 aliphatic carbocycles. The maximum absolute atomic E-state index is 14.2. The largest absolute Gasteiger partial charge is 0.373 e. The zero-order valence-electron chi connectivity index (χ0n) is 15.9. The summed E-state index contributed by atoms with van der Waals surface area (Å²) in [7, 11) is 0. The Hall–Kier alpha value is -1.22. The number of amides is 1. The Labute approximate surface area is 186 Å². The molecule has 1 aromatic carbocycles. The van der Waals surface area contributed by atoms with Crippen molar-refractivity contribution in [2.75, 3.05) is 19.7 Å². The van der Waals surface area contributed by atoms with Crippen LogP contribution in [0.15, 0.2) is 30.3 Å². The molecule has 2 saturated heterocycles. The third-order valence-corrected chi connectivity index (χ3v) is 6.65. The Morgan fingerprint density at radius 2 is 1.97 bits per heavy atom. The summed E-state index contributed by atoms with van der Waals surface area (Å²) in [6, 6.07) is 8.48. The van der Waals surface area contributed by atoms with Gasteiger partial charge in [-0.15, -0.1) is 36.2 Å². The Balaban J connectivity index is 0.00000150. The average Bonchev–Trinajstić information content (AvgIpc) is 3.28. The summed E-state index contributed by atoms with van der Waals surface area (Å²) in [5.74, 6) is -0.541. The highest BCUT2D eigenvalue weighted by Crippen LogP contribution is 2.36. The van der Waals surface area contributed by atoms with E-state index in [9.17, 15) is 9.18 Å². The van der Waals surface area contributed by atoms with Crippen molar-refractivity contribution in [2.45, 2.75) is 37.5 Å². The van der Waals surface area contributed by atoms with Crippen molar-refractivity contribution in [2.24, 2.45) is 11.5 Å². The van der Waals surface area contributed by atoms with Crippen LogP contribution < -0.4 is 11.5 Å². The lowest BCUT2D eigenvalue weighted by molar-refractivity contribution is -0.0388. The van der Waals surface area contributed by atoms with Crippen LogP contribution in [0.3, 0.4) is 0 Å². The quantitative estimate of drug-likeness (QED) is 0.731. The van der Waals surface area contributed by atoms with Crippen molar-refractivity contribution in [1.29, 1.82) is 0 Å². The summed E-state index contributed by atoms with van der Waals surface area (Å²) < 4.78 is 20.1. The van der Waals surface area contributed by atoms with Crippen LogP contribution in [-0.4, -0.2) is 42.1 Å². The van der Waals surface area contributed by atoms with E-state index < -0.39 is 5.82 Å². The zero-order valence-corrected chi connectivity index (χ0v) is 18.4. The molecule has 1 aromatic heterocycles. The van der Waals surface area contributed by atoms with Gasteiger partial charge in [0.2, 0.25) is 0 Å². The number of hydrogen-bond acceptors (Lipinski definition) is 5. The molecule has 2 aromatic rings. The number of thiophene rings is 1. The molecule has 2 fully saturated rings. The Morgan fingerprint density at radius 1 is 1.24 bits per heavy atom. The van der Waals surface area contributed by atoms with E-state index in [2.05, 4.69) is 0 Å². The van der Waals surface area contributed by atoms with E-state index in [0.29, 0.717) is 37.4 Å². The van der Waals surface area contributed by atoms with Gasteiger partial charge in [-0.05, 0) is 55.2 Å². The van der Waals surface area contributed by atoms with Gasteiger partial charge in [0.25, 0.3) is 5.91 Å². The van der Waals surface area contributed by atoms with Crippen LogP contribution in [0.1, 0.15) is 34.5 Å². The highest BCUT2D eigenvalue weighted by atomic mass is 35.5. The number of likely N-dealkylation sites (tertiary alicyclic amines) is 1. The van der Waals surface area contributed by atoms with Gasteiger partial charge < -0.3 is 21.1 Å². The van der Waals surface area contributed by atoms with E-state index in [-0.39, 0.29) is 42.4 Å². The number of benzene rings is 1. The first-order valence-electron chi connectivity index (χ1n) is 9.27. The molecular weight excluding hydrogens is 436 g/mol. The van der Waals surface area contributed by atoms with Crippen LogP contribution in [0.25, 0.3) is 10.4 Å². The minimum atomic E-state index is -0.405. The van der Waals surface area contributed by atoms with Crippen LogP contribution in [0.4, 0.5) is 4.39 Å². The smallest absolute Gasteiger partial charge is 0.253 e. The first-order chi connectivity index (χ1) is 13.0. The van der Waals surface area contributed by atoms with Gasteiger partial charge in [-0.3, -0.25) is 4.79 Å². The number of carbonyl (C=O) groups is 1. The molecule has 9 heteroatoms. The van der Waals surface area contributed by atoms with Gasteiger partial charge in [-0.2, -0.15) is 0 Å². The van der Waals surface area contributed by atoms with Crippen LogP contribution in [-0.2, 0) is 11.3 Å². The lowest BCUT2D eigenvalue weighted by Gasteiger charge is -2.38. The summed E-state index contributed by atoms with van der Waals surface area (Å²) in [5.41, 5.74) is 12.5. The first-order valence-corrected chi connectivity index (χ1v) is 10.1. The van der Waals surface area contributed by atoms with Gasteiger partial charge in [0.15, 0.2) is 0 Å². The van der Waals surface area contributed by atoms with Crippen molar-refractivity contribution < 1.29 is 13.9 Å². The standard InChI is InChI=1S/C20H24FN3O2S.2ClH/c21-15-8-13(18-2-1-17(11-22)27-18)7-14(9-15)19(25)24-5-3-20(4-6-24)10-16(23)12-26-20;;/h1-2,7-9,16H,3-6,10-12,22-23H2;2*1H. The molecular formula is C20H26Cl2FN3O2S. The lowest BCUT2D eigenvalue weighted by Crippen LogP contribution is -2.46. The molecule has 3 heterocycles. The van der Waals surface area contributed by atoms with E-state index in [4.69, 9.17) is 16.2 Å². The molecule has 160 valence electrons. The molecule has 2 aliphatic rings. The molecule has 2 aliphatic heterocycles. The van der Waals surface area contributed by atoms with Crippen molar-refractivity contribution in [3.8, 4) is 10.4 Å². The number of ether oxygens (including phenoxy) is 1. The van der Waals surface area contributed by atoms with Gasteiger partial charge in [0.1, 0.15) is 5.82 Å². The highest BCUT2D eigenvalue weighted by Gasteiger charge is 2.42. The van der Waals surface area contributed by atoms with Crippen molar-refractivity contribution in [3.63, 3.8) is 0 Å². The summed E-state index contributed by atoms with van der Waals surface area (Å²) in [4.78, 5) is 16.7. The summed E-state index contributed by atoms with van der Waals surface area (Å²) in [6.07, 6.45) is 2.40. The predicted molar refractivity (Wildman–Crippen MR) is 119 cm³/mol.